The van der Waals surface area contributed by atoms with Crippen LogP contribution in [0.4, 0.5) is 0 Å². The van der Waals surface area contributed by atoms with Crippen LogP contribution in [0, 0.1) is 12.8 Å². The summed E-state index contributed by atoms with van der Waals surface area (Å²) in [5, 5.41) is 10.6. The average Bonchev–Trinajstić information content (AvgIpc) is 2.46. The molecule has 0 heterocycles. The molecular formula is C20H33Cl2NOZr. The summed E-state index contributed by atoms with van der Waals surface area (Å²) in [5.41, 5.74) is 2.85. The second-order valence-electron chi connectivity index (χ2n) is 7.97. The molecule has 0 aliphatic rings. The van der Waals surface area contributed by atoms with E-state index in [1.54, 1.807) is 0 Å². The molecule has 5 heteroatoms. The van der Waals surface area contributed by atoms with E-state index in [-0.39, 0.29) is 5.41 Å². The van der Waals surface area contributed by atoms with E-state index < -0.39 is 20.8 Å². The number of benzene rings is 1. The van der Waals surface area contributed by atoms with Gasteiger partial charge in [0, 0.05) is 17.8 Å². The fraction of sp³-hybridized carbons (Fsp3) is 0.650. The first-order valence-corrected chi connectivity index (χ1v) is 15.2. The second-order valence-corrected chi connectivity index (χ2v) is 11.7. The van der Waals surface area contributed by atoms with Crippen LogP contribution in [0.25, 0.3) is 0 Å². The zero-order valence-corrected chi connectivity index (χ0v) is 20.6. The molecule has 0 bridgehead atoms. The van der Waals surface area contributed by atoms with Gasteiger partial charge in [-0.2, -0.15) is 0 Å². The van der Waals surface area contributed by atoms with Crippen molar-refractivity contribution in [3.05, 3.63) is 28.8 Å². The van der Waals surface area contributed by atoms with Gasteiger partial charge in [0.15, 0.2) is 0 Å². The molecule has 0 aliphatic carbocycles. The minimum atomic E-state index is -0.826. The molecule has 142 valence electrons. The van der Waals surface area contributed by atoms with E-state index in [0.29, 0.717) is 11.8 Å². The summed E-state index contributed by atoms with van der Waals surface area (Å²) in [5.74, 6) is 1.14. The van der Waals surface area contributed by atoms with Crippen molar-refractivity contribution < 1.29 is 26.0 Å². The number of hydrogen-bond acceptors (Lipinski definition) is 2. The van der Waals surface area contributed by atoms with Crippen molar-refractivity contribution in [1.29, 1.82) is 0 Å². The van der Waals surface area contributed by atoms with Gasteiger partial charge in [0.2, 0.25) is 0 Å². The van der Waals surface area contributed by atoms with Gasteiger partial charge in [0.05, 0.1) is 0 Å². The quantitative estimate of drug-likeness (QED) is 0.450. The first kappa shape index (κ1) is 25.2. The summed E-state index contributed by atoms with van der Waals surface area (Å²) in [6.45, 7) is 15.0. The van der Waals surface area contributed by atoms with E-state index in [4.69, 9.17) is 17.0 Å². The van der Waals surface area contributed by atoms with Crippen molar-refractivity contribution in [3.63, 3.8) is 0 Å². The van der Waals surface area contributed by atoms with Crippen molar-refractivity contribution >= 4 is 23.2 Å². The van der Waals surface area contributed by atoms with Crippen molar-refractivity contribution in [2.45, 2.75) is 79.2 Å². The number of aliphatic imine (C=N–C) groups is 1. The molecule has 0 spiro atoms. The number of phenols is 1. The second kappa shape index (κ2) is 12.5. The Kier molecular flexibility index (Phi) is 12.6. The fourth-order valence-electron chi connectivity index (χ4n) is 2.57. The van der Waals surface area contributed by atoms with Crippen LogP contribution in [0.1, 0.15) is 77.5 Å². The molecule has 0 saturated carbocycles. The average molecular weight is 466 g/mol. The Bertz CT molecular complexity index is 539. The van der Waals surface area contributed by atoms with Crippen LogP contribution >= 0.6 is 17.0 Å². The van der Waals surface area contributed by atoms with Gasteiger partial charge in [-0.05, 0) is 42.7 Å². The van der Waals surface area contributed by atoms with E-state index >= 15 is 0 Å². The molecule has 1 rings (SSSR count). The monoisotopic (exact) mass is 463 g/mol. The Morgan fingerprint density at radius 2 is 1.72 bits per heavy atom. The molecule has 0 saturated heterocycles. The number of nitrogens with zero attached hydrogens (tertiary/aromatic N) is 1. The van der Waals surface area contributed by atoms with Gasteiger partial charge in [0.25, 0.3) is 0 Å². The topological polar surface area (TPSA) is 32.6 Å². The van der Waals surface area contributed by atoms with Crippen LogP contribution in [0.5, 0.6) is 5.75 Å². The molecule has 1 N–H and O–H groups in total. The Labute approximate surface area is 173 Å². The first-order chi connectivity index (χ1) is 11.5. The third kappa shape index (κ3) is 10.2. The molecule has 1 atom stereocenters. The van der Waals surface area contributed by atoms with Crippen LogP contribution in [0.3, 0.4) is 0 Å². The predicted octanol–water partition coefficient (Wildman–Crippen LogP) is 7.01. The Balaban J connectivity index is 0.00000178. The molecule has 0 aliphatic heterocycles. The van der Waals surface area contributed by atoms with Gasteiger partial charge in [-0.1, -0.05) is 59.6 Å². The molecule has 1 aromatic carbocycles. The SMILES string of the molecule is Cc1ccc(C(C)(C)C)c(O)c1C=NC(C)CCCC(C)C.[Cl][Zr][Cl]. The number of halogens is 2. The number of phenolic OH excluding ortho intramolecular Hbond substituents is 1. The predicted molar refractivity (Wildman–Crippen MR) is 109 cm³/mol. The summed E-state index contributed by atoms with van der Waals surface area (Å²) in [6.07, 6.45) is 5.43. The Morgan fingerprint density at radius 3 is 2.20 bits per heavy atom. The summed E-state index contributed by atoms with van der Waals surface area (Å²) in [6, 6.07) is 4.40. The van der Waals surface area contributed by atoms with Gasteiger partial charge in [-0.25, -0.2) is 0 Å². The third-order valence-electron chi connectivity index (χ3n) is 4.10. The van der Waals surface area contributed by atoms with E-state index in [0.717, 1.165) is 29.0 Å². The van der Waals surface area contributed by atoms with Crippen LogP contribution < -0.4 is 0 Å². The summed E-state index contributed by atoms with van der Waals surface area (Å²) in [4.78, 5) is 4.65. The zero-order valence-electron chi connectivity index (χ0n) is 16.7. The normalized spacial score (nSPS) is 12.9. The summed E-state index contributed by atoms with van der Waals surface area (Å²) >= 11 is -0.826. The molecule has 0 fully saturated rings. The molecule has 1 aromatic rings. The molecule has 0 aromatic heterocycles. The van der Waals surface area contributed by atoms with E-state index in [1.807, 2.05) is 19.2 Å². The van der Waals surface area contributed by atoms with Crippen LogP contribution in [-0.4, -0.2) is 17.4 Å². The van der Waals surface area contributed by atoms with Gasteiger partial charge in [-0.15, -0.1) is 0 Å². The summed E-state index contributed by atoms with van der Waals surface area (Å²) in [7, 11) is 9.87. The van der Waals surface area contributed by atoms with Gasteiger partial charge in [0.1, 0.15) is 5.75 Å². The van der Waals surface area contributed by atoms with E-state index in [9.17, 15) is 5.11 Å². The third-order valence-corrected chi connectivity index (χ3v) is 4.10. The molecule has 0 amide bonds. The van der Waals surface area contributed by atoms with Crippen molar-refractivity contribution in [2.75, 3.05) is 0 Å². The number of hydrogen-bond donors (Lipinski definition) is 1. The Morgan fingerprint density at radius 1 is 1.16 bits per heavy atom. The number of aryl methyl sites for hydroxylation is 1. The fourth-order valence-corrected chi connectivity index (χ4v) is 2.57. The standard InChI is InChI=1S/C20H33NO.2ClH.Zr/c1-14(2)9-8-10-16(4)21-13-17-15(3)11-12-18(19(17)22)20(5,6)7;;;/h11-14,16,22H,8-10H2,1-7H3;2*1H;/q;;;+2/p-2. The van der Waals surface area contributed by atoms with Crippen molar-refractivity contribution in [3.8, 4) is 5.75 Å². The molecule has 0 radical (unpaired) electrons. The molecular weight excluding hydrogens is 432 g/mol. The van der Waals surface area contributed by atoms with E-state index in [2.05, 4.69) is 52.6 Å². The molecule has 1 unspecified atom stereocenters. The van der Waals surface area contributed by atoms with Gasteiger partial charge < -0.3 is 5.11 Å². The van der Waals surface area contributed by atoms with Crippen molar-refractivity contribution in [2.24, 2.45) is 10.9 Å². The zero-order chi connectivity index (χ0) is 19.6. The summed E-state index contributed by atoms with van der Waals surface area (Å²) < 4.78 is 0. The molecule has 25 heavy (non-hydrogen) atoms. The maximum atomic E-state index is 10.6. The number of aromatic hydroxyl groups is 1. The molecule has 2 nitrogen and oxygen atoms in total. The number of rotatable bonds is 6. The van der Waals surface area contributed by atoms with Crippen LogP contribution in [0.2, 0.25) is 0 Å². The van der Waals surface area contributed by atoms with Crippen LogP contribution in [-0.2, 0) is 26.3 Å². The maximum absolute atomic E-state index is 10.6. The van der Waals surface area contributed by atoms with E-state index in [1.165, 1.54) is 12.8 Å². The first-order valence-electron chi connectivity index (χ1n) is 8.87. The Hall–Kier alpha value is 0.153. The van der Waals surface area contributed by atoms with Crippen LogP contribution in [0.15, 0.2) is 17.1 Å². The van der Waals surface area contributed by atoms with Gasteiger partial charge in [-0.3, -0.25) is 4.99 Å². The van der Waals surface area contributed by atoms with Crippen molar-refractivity contribution in [1.82, 2.24) is 0 Å². The van der Waals surface area contributed by atoms with Gasteiger partial charge >= 0.3 is 37.9 Å². The minimum absolute atomic E-state index is 0.0662.